The first kappa shape index (κ1) is 18.5. The summed E-state index contributed by atoms with van der Waals surface area (Å²) in [5.41, 5.74) is -1.71. The predicted molar refractivity (Wildman–Crippen MR) is 69.9 cm³/mol. The van der Waals surface area contributed by atoms with Gasteiger partial charge in [0.15, 0.2) is 0 Å². The highest BCUT2D eigenvalue weighted by molar-refractivity contribution is 5.89. The van der Waals surface area contributed by atoms with E-state index in [4.69, 9.17) is 5.26 Å². The highest BCUT2D eigenvalue weighted by Crippen LogP contribution is 2.38. The van der Waals surface area contributed by atoms with Gasteiger partial charge in [0.1, 0.15) is 5.75 Å². The van der Waals surface area contributed by atoms with Crippen LogP contribution in [0.1, 0.15) is 18.9 Å². The van der Waals surface area contributed by atoms with Gasteiger partial charge in [-0.05, 0) is 25.1 Å². The van der Waals surface area contributed by atoms with Crippen molar-refractivity contribution in [1.82, 2.24) is 5.32 Å². The maximum Gasteiger partial charge on any atom is 0.420 e. The average Bonchev–Trinajstić information content (AvgIpc) is 2.38. The minimum atomic E-state index is -4.94. The van der Waals surface area contributed by atoms with Gasteiger partial charge in [-0.2, -0.15) is 27.2 Å². The quantitative estimate of drug-likeness (QED) is 0.804. The summed E-state index contributed by atoms with van der Waals surface area (Å²) in [5.74, 6) is -1.05. The van der Waals surface area contributed by atoms with Crippen LogP contribution in [-0.4, -0.2) is 18.7 Å². The Labute approximate surface area is 128 Å². The molecule has 0 fully saturated rings. The molecule has 0 spiro atoms. The molecular formula is C13H12F5N3O2. The molecule has 1 atom stereocenters. The van der Waals surface area contributed by atoms with E-state index < -0.39 is 36.2 Å². The molecule has 0 aliphatic heterocycles. The molecule has 0 saturated carbocycles. The Balaban J connectivity index is 2.93. The van der Waals surface area contributed by atoms with Crippen LogP contribution in [-0.2, 0) is 6.18 Å². The first-order valence-corrected chi connectivity index (χ1v) is 6.24. The van der Waals surface area contributed by atoms with Gasteiger partial charge in [-0.15, -0.1) is 0 Å². The molecule has 0 aromatic heterocycles. The Morgan fingerprint density at radius 3 is 2.57 bits per heavy atom. The number of urea groups is 1. The van der Waals surface area contributed by atoms with E-state index in [1.807, 2.05) is 6.07 Å². The van der Waals surface area contributed by atoms with Crippen molar-refractivity contribution in [1.29, 1.82) is 5.26 Å². The smallest absolute Gasteiger partial charge is 0.420 e. The maximum atomic E-state index is 12.8. The van der Waals surface area contributed by atoms with Gasteiger partial charge in [-0.25, -0.2) is 4.79 Å². The number of amides is 2. The van der Waals surface area contributed by atoms with Crippen LogP contribution in [0.4, 0.5) is 32.4 Å². The van der Waals surface area contributed by atoms with Crippen molar-refractivity contribution in [2.75, 3.05) is 5.32 Å². The number of carbonyl (C=O) groups is 1. The molecule has 1 rings (SSSR count). The van der Waals surface area contributed by atoms with E-state index in [1.54, 1.807) is 0 Å². The van der Waals surface area contributed by atoms with Crippen LogP contribution in [0.2, 0.25) is 0 Å². The van der Waals surface area contributed by atoms with Crippen molar-refractivity contribution in [3.63, 3.8) is 0 Å². The molecule has 2 amide bonds. The molecule has 0 bridgehead atoms. The number of halogens is 5. The van der Waals surface area contributed by atoms with E-state index in [1.165, 1.54) is 6.92 Å². The molecule has 0 heterocycles. The zero-order valence-electron chi connectivity index (χ0n) is 11.7. The van der Waals surface area contributed by atoms with Gasteiger partial charge < -0.3 is 15.4 Å². The second kappa shape index (κ2) is 7.62. The predicted octanol–water partition coefficient (Wildman–Crippen LogP) is 3.73. The number of ether oxygens (including phenoxy) is 1. The highest BCUT2D eigenvalue weighted by atomic mass is 19.4. The number of nitriles is 1. The molecule has 10 heteroatoms. The summed E-state index contributed by atoms with van der Waals surface area (Å²) in [4.78, 5) is 11.6. The number of rotatable bonds is 5. The summed E-state index contributed by atoms with van der Waals surface area (Å²) in [6, 6.07) is 2.62. The summed E-state index contributed by atoms with van der Waals surface area (Å²) >= 11 is 0. The van der Waals surface area contributed by atoms with Crippen LogP contribution >= 0.6 is 0 Å². The Bertz CT molecular complexity index is 598. The number of anilines is 1. The topological polar surface area (TPSA) is 74.2 Å². The largest absolute Gasteiger partial charge is 0.434 e. The molecule has 5 nitrogen and oxygen atoms in total. The number of benzene rings is 1. The first-order chi connectivity index (χ1) is 10.6. The van der Waals surface area contributed by atoms with Crippen LogP contribution in [0.25, 0.3) is 0 Å². The number of hydrogen-bond donors (Lipinski definition) is 2. The zero-order valence-corrected chi connectivity index (χ0v) is 11.7. The SMILES string of the molecule is C[C@H](CC#N)NC(=O)Nc1ccc(OC(F)F)c(C(F)(F)F)c1. The van der Waals surface area contributed by atoms with Gasteiger partial charge in [0, 0.05) is 11.7 Å². The van der Waals surface area contributed by atoms with E-state index >= 15 is 0 Å². The van der Waals surface area contributed by atoms with Crippen LogP contribution in [0.3, 0.4) is 0 Å². The molecule has 0 unspecified atom stereocenters. The summed E-state index contributed by atoms with van der Waals surface area (Å²) in [5, 5.41) is 12.9. The van der Waals surface area contributed by atoms with Crippen LogP contribution in [0, 0.1) is 11.3 Å². The van der Waals surface area contributed by atoms with E-state index in [0.717, 1.165) is 6.07 Å². The fourth-order valence-corrected chi connectivity index (χ4v) is 1.61. The molecule has 0 saturated heterocycles. The normalized spacial score (nSPS) is 12.4. The van der Waals surface area contributed by atoms with Crippen LogP contribution in [0.15, 0.2) is 18.2 Å². The fourth-order valence-electron chi connectivity index (χ4n) is 1.61. The van der Waals surface area contributed by atoms with E-state index in [2.05, 4.69) is 15.4 Å². The second-order valence-electron chi connectivity index (χ2n) is 4.45. The molecule has 1 aromatic rings. The fraction of sp³-hybridized carbons (Fsp3) is 0.385. The summed E-state index contributed by atoms with van der Waals surface area (Å²) < 4.78 is 66.6. The lowest BCUT2D eigenvalue weighted by Crippen LogP contribution is -2.35. The third kappa shape index (κ3) is 5.98. The summed E-state index contributed by atoms with van der Waals surface area (Å²) in [6.45, 7) is -1.88. The molecular weight excluding hydrogens is 325 g/mol. The van der Waals surface area contributed by atoms with Crippen LogP contribution in [0.5, 0.6) is 5.75 Å². The average molecular weight is 337 g/mol. The van der Waals surface area contributed by atoms with Crippen molar-refractivity contribution in [3.8, 4) is 11.8 Å². The third-order valence-corrected chi connectivity index (χ3v) is 2.53. The molecule has 2 N–H and O–H groups in total. The van der Waals surface area contributed by atoms with Gasteiger partial charge >= 0.3 is 18.8 Å². The Morgan fingerprint density at radius 2 is 2.04 bits per heavy atom. The highest BCUT2D eigenvalue weighted by Gasteiger charge is 2.35. The third-order valence-electron chi connectivity index (χ3n) is 2.53. The monoisotopic (exact) mass is 337 g/mol. The van der Waals surface area contributed by atoms with E-state index in [0.29, 0.717) is 12.1 Å². The number of hydrogen-bond acceptors (Lipinski definition) is 3. The van der Waals surface area contributed by atoms with E-state index in [9.17, 15) is 26.7 Å². The van der Waals surface area contributed by atoms with Crippen molar-refractivity contribution in [3.05, 3.63) is 23.8 Å². The minimum absolute atomic E-state index is 0.0163. The molecule has 0 aliphatic rings. The summed E-state index contributed by atoms with van der Waals surface area (Å²) in [7, 11) is 0. The lowest BCUT2D eigenvalue weighted by atomic mass is 10.1. The Morgan fingerprint density at radius 1 is 1.39 bits per heavy atom. The lowest BCUT2D eigenvalue weighted by molar-refractivity contribution is -0.141. The molecule has 1 aromatic carbocycles. The standard InChI is InChI=1S/C13H12F5N3O2/c1-7(4-5-19)20-12(22)21-8-2-3-10(23-11(14)15)9(6-8)13(16,17)18/h2-3,6-7,11H,4H2,1H3,(H2,20,21,22)/t7-/m1/s1. The lowest BCUT2D eigenvalue weighted by Gasteiger charge is -2.16. The number of carbonyl (C=O) groups excluding carboxylic acids is 1. The zero-order chi connectivity index (χ0) is 17.6. The number of nitrogens with zero attached hydrogens (tertiary/aromatic N) is 1. The molecule has 126 valence electrons. The van der Waals surface area contributed by atoms with Gasteiger partial charge in [0.05, 0.1) is 18.1 Å². The van der Waals surface area contributed by atoms with Gasteiger partial charge in [-0.3, -0.25) is 0 Å². The van der Waals surface area contributed by atoms with Crippen molar-refractivity contribution >= 4 is 11.7 Å². The summed E-state index contributed by atoms with van der Waals surface area (Å²) in [6.07, 6.45) is -4.92. The second-order valence-corrected chi connectivity index (χ2v) is 4.45. The molecule has 0 radical (unpaired) electrons. The Kier molecular flexibility index (Phi) is 6.12. The molecule has 0 aliphatic carbocycles. The van der Waals surface area contributed by atoms with Crippen molar-refractivity contribution in [2.45, 2.75) is 32.2 Å². The van der Waals surface area contributed by atoms with Gasteiger partial charge in [0.2, 0.25) is 0 Å². The van der Waals surface area contributed by atoms with Crippen LogP contribution < -0.4 is 15.4 Å². The van der Waals surface area contributed by atoms with Gasteiger partial charge in [-0.1, -0.05) is 0 Å². The minimum Gasteiger partial charge on any atom is -0.434 e. The molecule has 23 heavy (non-hydrogen) atoms. The van der Waals surface area contributed by atoms with Crippen molar-refractivity contribution < 1.29 is 31.5 Å². The maximum absolute atomic E-state index is 12.8. The van der Waals surface area contributed by atoms with E-state index in [-0.39, 0.29) is 12.1 Å². The van der Waals surface area contributed by atoms with Gasteiger partial charge in [0.25, 0.3) is 0 Å². The number of nitrogens with one attached hydrogen (secondary N) is 2. The van der Waals surface area contributed by atoms with Crippen molar-refractivity contribution in [2.24, 2.45) is 0 Å². The Hall–Kier alpha value is -2.57. The number of alkyl halides is 5. The first-order valence-electron chi connectivity index (χ1n) is 6.24.